The van der Waals surface area contributed by atoms with Gasteiger partial charge in [0.15, 0.2) is 6.61 Å². The van der Waals surface area contributed by atoms with Crippen LogP contribution in [0.2, 0.25) is 0 Å². The summed E-state index contributed by atoms with van der Waals surface area (Å²) < 4.78 is 10.2. The zero-order chi connectivity index (χ0) is 17.8. The zero-order valence-electron chi connectivity index (χ0n) is 14.5. The number of hydrogen-bond acceptors (Lipinski definition) is 5. The second-order valence-electron chi connectivity index (χ2n) is 4.63. The number of esters is 1. The third kappa shape index (κ3) is 10.7. The maximum Gasteiger partial charge on any atom is 0.344 e. The minimum Gasteiger partial charge on any atom is -0.482 e. The Balaban J connectivity index is 0. The van der Waals surface area contributed by atoms with Gasteiger partial charge >= 0.3 is 5.97 Å². The van der Waals surface area contributed by atoms with E-state index in [0.29, 0.717) is 5.75 Å². The largest absolute Gasteiger partial charge is 0.482 e. The average Bonchev–Trinajstić information content (AvgIpc) is 2.48. The molecular formula is C16H27NO5. The number of nitro groups is 1. The molecule has 0 aliphatic carbocycles. The first-order valence-electron chi connectivity index (χ1n) is 7.37. The number of nitrogens with zero attached hydrogens (tertiary/aromatic N) is 1. The highest BCUT2D eigenvalue weighted by Crippen LogP contribution is 2.17. The number of hydrogen-bond donors (Lipinski definition) is 0. The monoisotopic (exact) mass is 313 g/mol. The van der Waals surface area contributed by atoms with Crippen LogP contribution in [-0.2, 0) is 9.53 Å². The number of benzene rings is 1. The molecule has 6 nitrogen and oxygen atoms in total. The molecule has 0 fully saturated rings. The standard InChI is InChI=1S/C12H15NO5.2C2H6/c1-12(2,3)18-11(14)8-17-10-6-4-9(5-7-10)13(15)16;2*1-2/h4-7H,8H2,1-3H3;2*1-2H3. The van der Waals surface area contributed by atoms with E-state index in [9.17, 15) is 14.9 Å². The van der Waals surface area contributed by atoms with E-state index in [0.717, 1.165) is 0 Å². The van der Waals surface area contributed by atoms with Crippen LogP contribution in [0.3, 0.4) is 0 Å². The fourth-order valence-electron chi connectivity index (χ4n) is 1.18. The van der Waals surface area contributed by atoms with Gasteiger partial charge in [-0.05, 0) is 32.9 Å². The van der Waals surface area contributed by atoms with Crippen molar-refractivity contribution in [1.82, 2.24) is 0 Å². The number of rotatable bonds is 4. The van der Waals surface area contributed by atoms with Gasteiger partial charge in [-0.2, -0.15) is 0 Å². The maximum atomic E-state index is 11.4. The van der Waals surface area contributed by atoms with Crippen molar-refractivity contribution in [3.05, 3.63) is 34.4 Å². The van der Waals surface area contributed by atoms with E-state index in [1.807, 2.05) is 27.7 Å². The van der Waals surface area contributed by atoms with E-state index in [1.165, 1.54) is 24.3 Å². The molecule has 0 N–H and O–H groups in total. The molecule has 0 unspecified atom stereocenters. The summed E-state index contributed by atoms with van der Waals surface area (Å²) in [4.78, 5) is 21.3. The smallest absolute Gasteiger partial charge is 0.344 e. The first kappa shape index (κ1) is 22.2. The van der Waals surface area contributed by atoms with Crippen LogP contribution in [0.15, 0.2) is 24.3 Å². The van der Waals surface area contributed by atoms with E-state index in [-0.39, 0.29) is 12.3 Å². The summed E-state index contributed by atoms with van der Waals surface area (Å²) in [6, 6.07) is 5.49. The van der Waals surface area contributed by atoms with Crippen LogP contribution in [0.4, 0.5) is 5.69 Å². The molecule has 0 spiro atoms. The molecule has 1 aromatic carbocycles. The Labute approximate surface area is 132 Å². The Morgan fingerprint density at radius 2 is 1.55 bits per heavy atom. The molecule has 0 aliphatic rings. The van der Waals surface area contributed by atoms with E-state index in [4.69, 9.17) is 9.47 Å². The van der Waals surface area contributed by atoms with Crippen molar-refractivity contribution in [2.45, 2.75) is 54.1 Å². The lowest BCUT2D eigenvalue weighted by atomic mass is 10.2. The average molecular weight is 313 g/mol. The summed E-state index contributed by atoms with van der Waals surface area (Å²) in [5.74, 6) is -0.104. The van der Waals surface area contributed by atoms with Crippen LogP contribution in [-0.4, -0.2) is 23.1 Å². The van der Waals surface area contributed by atoms with E-state index in [1.54, 1.807) is 20.8 Å². The highest BCUT2D eigenvalue weighted by atomic mass is 16.6. The number of carbonyl (C=O) groups excluding carboxylic acids is 1. The molecular weight excluding hydrogens is 286 g/mol. The molecule has 0 aliphatic heterocycles. The molecule has 0 saturated heterocycles. The molecule has 0 atom stereocenters. The topological polar surface area (TPSA) is 78.7 Å². The third-order valence-electron chi connectivity index (χ3n) is 1.82. The lowest BCUT2D eigenvalue weighted by Gasteiger charge is -2.19. The molecule has 126 valence electrons. The van der Waals surface area contributed by atoms with Crippen LogP contribution in [0, 0.1) is 10.1 Å². The first-order valence-corrected chi connectivity index (χ1v) is 7.37. The Morgan fingerprint density at radius 1 is 1.09 bits per heavy atom. The second-order valence-corrected chi connectivity index (χ2v) is 4.63. The summed E-state index contributed by atoms with van der Waals surface area (Å²) >= 11 is 0. The number of nitro benzene ring substituents is 1. The Morgan fingerprint density at radius 3 is 1.91 bits per heavy atom. The lowest BCUT2D eigenvalue weighted by molar-refractivity contribution is -0.384. The Hall–Kier alpha value is -2.11. The minimum absolute atomic E-state index is 0.0281. The zero-order valence-corrected chi connectivity index (χ0v) is 14.5. The summed E-state index contributed by atoms with van der Waals surface area (Å²) in [7, 11) is 0. The van der Waals surface area contributed by atoms with Crippen molar-refractivity contribution >= 4 is 11.7 Å². The predicted octanol–water partition coefficient (Wildman–Crippen LogP) is 4.37. The van der Waals surface area contributed by atoms with Gasteiger partial charge in [-0.25, -0.2) is 4.79 Å². The second kappa shape index (κ2) is 11.5. The van der Waals surface area contributed by atoms with Crippen LogP contribution >= 0.6 is 0 Å². The first-order chi connectivity index (χ1) is 10.3. The van der Waals surface area contributed by atoms with Crippen molar-refractivity contribution in [2.24, 2.45) is 0 Å². The van der Waals surface area contributed by atoms with Gasteiger partial charge in [-0.15, -0.1) is 0 Å². The van der Waals surface area contributed by atoms with Gasteiger partial charge in [0, 0.05) is 12.1 Å². The van der Waals surface area contributed by atoms with Crippen molar-refractivity contribution in [3.63, 3.8) is 0 Å². The normalized spacial score (nSPS) is 9.41. The number of carbonyl (C=O) groups is 1. The van der Waals surface area contributed by atoms with Crippen LogP contribution in [0.1, 0.15) is 48.5 Å². The highest BCUT2D eigenvalue weighted by molar-refractivity contribution is 5.71. The molecule has 0 saturated carbocycles. The molecule has 0 radical (unpaired) electrons. The minimum atomic E-state index is -0.560. The van der Waals surface area contributed by atoms with E-state index >= 15 is 0 Å². The van der Waals surface area contributed by atoms with Crippen molar-refractivity contribution in [2.75, 3.05) is 6.61 Å². The SMILES string of the molecule is CC.CC.CC(C)(C)OC(=O)COc1ccc([N+](=O)[O-])cc1. The van der Waals surface area contributed by atoms with Gasteiger partial charge in [0.25, 0.3) is 5.69 Å². The van der Waals surface area contributed by atoms with Gasteiger partial charge in [0.2, 0.25) is 0 Å². The molecule has 1 rings (SSSR count). The molecule has 0 heterocycles. The van der Waals surface area contributed by atoms with E-state index < -0.39 is 16.5 Å². The summed E-state index contributed by atoms with van der Waals surface area (Å²) in [6.07, 6.45) is 0. The van der Waals surface area contributed by atoms with Crippen LogP contribution < -0.4 is 4.74 Å². The van der Waals surface area contributed by atoms with Gasteiger partial charge < -0.3 is 9.47 Å². The lowest BCUT2D eigenvalue weighted by Crippen LogP contribution is -2.27. The van der Waals surface area contributed by atoms with Gasteiger partial charge in [-0.3, -0.25) is 10.1 Å². The molecule has 0 bridgehead atoms. The fourth-order valence-corrected chi connectivity index (χ4v) is 1.18. The van der Waals surface area contributed by atoms with Crippen LogP contribution in [0.25, 0.3) is 0 Å². The quantitative estimate of drug-likeness (QED) is 0.468. The molecule has 0 aromatic heterocycles. The highest BCUT2D eigenvalue weighted by Gasteiger charge is 2.16. The summed E-state index contributed by atoms with van der Waals surface area (Å²) in [5, 5.41) is 10.4. The Bertz CT molecular complexity index is 435. The molecule has 1 aromatic rings. The van der Waals surface area contributed by atoms with Crippen LogP contribution in [0.5, 0.6) is 5.75 Å². The van der Waals surface area contributed by atoms with Gasteiger partial charge in [-0.1, -0.05) is 27.7 Å². The summed E-state index contributed by atoms with van der Waals surface area (Å²) in [6.45, 7) is 13.1. The number of ether oxygens (including phenoxy) is 2. The molecule has 22 heavy (non-hydrogen) atoms. The third-order valence-corrected chi connectivity index (χ3v) is 1.82. The van der Waals surface area contributed by atoms with Gasteiger partial charge in [0.1, 0.15) is 11.4 Å². The van der Waals surface area contributed by atoms with Crippen molar-refractivity contribution in [1.29, 1.82) is 0 Å². The van der Waals surface area contributed by atoms with Gasteiger partial charge in [0.05, 0.1) is 4.92 Å². The fraction of sp³-hybridized carbons (Fsp3) is 0.562. The van der Waals surface area contributed by atoms with Crippen molar-refractivity contribution in [3.8, 4) is 5.75 Å². The number of non-ortho nitro benzene ring substituents is 1. The predicted molar refractivity (Wildman–Crippen MR) is 87.1 cm³/mol. The Kier molecular flexibility index (Phi) is 11.6. The summed E-state index contributed by atoms with van der Waals surface area (Å²) in [5.41, 5.74) is -0.588. The maximum absolute atomic E-state index is 11.4. The molecule has 6 heteroatoms. The van der Waals surface area contributed by atoms with E-state index in [2.05, 4.69) is 0 Å². The van der Waals surface area contributed by atoms with Crippen molar-refractivity contribution < 1.29 is 19.2 Å². The molecule has 0 amide bonds.